The van der Waals surface area contributed by atoms with Crippen LogP contribution in [0.1, 0.15) is 5.56 Å². The summed E-state index contributed by atoms with van der Waals surface area (Å²) < 4.78 is 63.6. The molecule has 1 N–H and O–H groups in total. The quantitative estimate of drug-likeness (QED) is 0.834. The van der Waals surface area contributed by atoms with Gasteiger partial charge in [0.25, 0.3) is 10.0 Å². The summed E-state index contributed by atoms with van der Waals surface area (Å²) in [6, 6.07) is 11.3. The van der Waals surface area contributed by atoms with Crippen molar-refractivity contribution in [3.63, 3.8) is 0 Å². The van der Waals surface area contributed by atoms with Gasteiger partial charge in [0.2, 0.25) is 0 Å². The van der Waals surface area contributed by atoms with Crippen molar-refractivity contribution in [2.24, 2.45) is 0 Å². The molecule has 2 aromatic rings. The molecule has 0 amide bonds. The lowest BCUT2D eigenvalue weighted by molar-refractivity contribution is -0.0328. The van der Waals surface area contributed by atoms with Gasteiger partial charge in [-0.2, -0.15) is 13.2 Å². The Morgan fingerprint density at radius 1 is 1.05 bits per heavy atom. The van der Waals surface area contributed by atoms with Crippen LogP contribution in [0.2, 0.25) is 0 Å². The monoisotopic (exact) mass is 347 g/mol. The number of thioether (sulfide) groups is 1. The molecule has 0 saturated heterocycles. The molecule has 0 atom stereocenters. The minimum absolute atomic E-state index is 0.0481. The minimum atomic E-state index is -4.42. The van der Waals surface area contributed by atoms with Crippen molar-refractivity contribution >= 4 is 27.5 Å². The van der Waals surface area contributed by atoms with E-state index in [9.17, 15) is 21.6 Å². The van der Waals surface area contributed by atoms with E-state index in [1.165, 1.54) is 30.3 Å². The zero-order chi connectivity index (χ0) is 16.4. The molecule has 0 unspecified atom stereocenters. The van der Waals surface area contributed by atoms with Gasteiger partial charge >= 0.3 is 5.51 Å². The molecular formula is C14H12F3NO2S2. The highest BCUT2D eigenvalue weighted by Gasteiger charge is 2.29. The first kappa shape index (κ1) is 16.7. The van der Waals surface area contributed by atoms with Crippen LogP contribution < -0.4 is 4.72 Å². The lowest BCUT2D eigenvalue weighted by atomic mass is 10.2. The van der Waals surface area contributed by atoms with Crippen molar-refractivity contribution in [3.8, 4) is 0 Å². The Bertz CT molecular complexity index is 756. The molecule has 2 rings (SSSR count). The van der Waals surface area contributed by atoms with Gasteiger partial charge in [0, 0.05) is 10.6 Å². The van der Waals surface area contributed by atoms with E-state index in [4.69, 9.17) is 0 Å². The average Bonchev–Trinajstić information content (AvgIpc) is 2.37. The molecule has 0 saturated carbocycles. The maximum absolute atomic E-state index is 12.3. The number of nitrogens with one attached hydrogen (secondary N) is 1. The number of benzene rings is 2. The van der Waals surface area contributed by atoms with E-state index in [0.29, 0.717) is 0 Å². The van der Waals surface area contributed by atoms with Gasteiger partial charge in [-0.1, -0.05) is 23.8 Å². The summed E-state index contributed by atoms with van der Waals surface area (Å²) in [5.74, 6) is 0. The highest BCUT2D eigenvalue weighted by atomic mass is 32.2. The molecule has 0 heterocycles. The summed E-state index contributed by atoms with van der Waals surface area (Å²) in [4.78, 5) is -0.0383. The molecule has 22 heavy (non-hydrogen) atoms. The van der Waals surface area contributed by atoms with Gasteiger partial charge in [-0.15, -0.1) is 0 Å². The lowest BCUT2D eigenvalue weighted by Gasteiger charge is -2.10. The van der Waals surface area contributed by atoms with Gasteiger partial charge < -0.3 is 0 Å². The number of anilines is 1. The summed E-state index contributed by atoms with van der Waals surface area (Å²) in [5, 5.41) is 0. The van der Waals surface area contributed by atoms with Crippen LogP contribution >= 0.6 is 11.8 Å². The molecule has 3 nitrogen and oxygen atoms in total. The van der Waals surface area contributed by atoms with Crippen molar-refractivity contribution < 1.29 is 21.6 Å². The number of rotatable bonds is 4. The molecule has 2 aromatic carbocycles. The van der Waals surface area contributed by atoms with Crippen LogP contribution in [-0.4, -0.2) is 13.9 Å². The second-order valence-electron chi connectivity index (χ2n) is 4.49. The Labute approximate surface area is 130 Å². The molecule has 0 fully saturated rings. The van der Waals surface area contributed by atoms with Gasteiger partial charge in [-0.3, -0.25) is 4.72 Å². The Balaban J connectivity index is 2.23. The van der Waals surface area contributed by atoms with Crippen LogP contribution in [0.3, 0.4) is 0 Å². The Morgan fingerprint density at radius 2 is 1.68 bits per heavy atom. The van der Waals surface area contributed by atoms with E-state index in [-0.39, 0.29) is 27.2 Å². The van der Waals surface area contributed by atoms with Crippen molar-refractivity contribution in [2.45, 2.75) is 22.2 Å². The molecule has 0 aliphatic carbocycles. The highest BCUT2D eigenvalue weighted by Crippen LogP contribution is 2.37. The van der Waals surface area contributed by atoms with E-state index in [1.54, 1.807) is 12.1 Å². The molecular weight excluding hydrogens is 335 g/mol. The smallest absolute Gasteiger partial charge is 0.280 e. The Morgan fingerprint density at radius 3 is 2.27 bits per heavy atom. The normalized spacial score (nSPS) is 12.2. The number of hydrogen-bond donors (Lipinski definition) is 1. The Hall–Kier alpha value is -1.67. The SMILES string of the molecule is Cc1ccc(S(=O)(=O)Nc2cccc(SC(F)(F)F)c2)cc1. The summed E-state index contributed by atoms with van der Waals surface area (Å²) in [6.45, 7) is 1.82. The fraction of sp³-hybridized carbons (Fsp3) is 0.143. The predicted octanol–water partition coefficient (Wildman–Crippen LogP) is 4.41. The minimum Gasteiger partial charge on any atom is -0.280 e. The fourth-order valence-electron chi connectivity index (χ4n) is 1.69. The number of halogens is 3. The maximum atomic E-state index is 12.3. The van der Waals surface area contributed by atoms with E-state index in [1.807, 2.05) is 6.92 Å². The highest BCUT2D eigenvalue weighted by molar-refractivity contribution is 8.00. The standard InChI is InChI=1S/C14H12F3NO2S2/c1-10-5-7-13(8-6-10)22(19,20)18-11-3-2-4-12(9-11)21-14(15,16)17/h2-9,18H,1H3. The van der Waals surface area contributed by atoms with Crippen molar-refractivity contribution in [1.29, 1.82) is 0 Å². The molecule has 118 valence electrons. The number of aryl methyl sites for hydroxylation is 1. The molecule has 0 radical (unpaired) electrons. The predicted molar refractivity (Wildman–Crippen MR) is 80.3 cm³/mol. The number of sulfonamides is 1. The van der Waals surface area contributed by atoms with Gasteiger partial charge in [0.1, 0.15) is 0 Å². The van der Waals surface area contributed by atoms with Crippen LogP contribution in [0, 0.1) is 6.92 Å². The van der Waals surface area contributed by atoms with Gasteiger partial charge in [0.05, 0.1) is 4.90 Å². The summed E-state index contributed by atoms with van der Waals surface area (Å²) in [7, 11) is -3.83. The summed E-state index contributed by atoms with van der Waals surface area (Å²) in [6.07, 6.45) is 0. The van der Waals surface area contributed by atoms with Crippen molar-refractivity contribution in [2.75, 3.05) is 4.72 Å². The largest absolute Gasteiger partial charge is 0.446 e. The third-order valence-electron chi connectivity index (χ3n) is 2.65. The summed E-state index contributed by atoms with van der Waals surface area (Å²) in [5.41, 5.74) is -3.44. The van der Waals surface area contributed by atoms with Crippen LogP contribution in [0.15, 0.2) is 58.3 Å². The van der Waals surface area contributed by atoms with Crippen LogP contribution in [0.4, 0.5) is 18.9 Å². The Kier molecular flexibility index (Phi) is 4.72. The molecule has 0 spiro atoms. The van der Waals surface area contributed by atoms with E-state index >= 15 is 0 Å². The zero-order valence-electron chi connectivity index (χ0n) is 11.4. The number of alkyl halides is 3. The van der Waals surface area contributed by atoms with E-state index < -0.39 is 15.5 Å². The second-order valence-corrected chi connectivity index (χ2v) is 7.32. The first-order chi connectivity index (χ1) is 10.2. The second kappa shape index (κ2) is 6.21. The average molecular weight is 347 g/mol. The van der Waals surface area contributed by atoms with Crippen molar-refractivity contribution in [1.82, 2.24) is 0 Å². The third-order valence-corrected chi connectivity index (χ3v) is 4.77. The van der Waals surface area contributed by atoms with Gasteiger partial charge in [-0.25, -0.2) is 8.42 Å². The topological polar surface area (TPSA) is 46.2 Å². The van der Waals surface area contributed by atoms with Crippen LogP contribution in [0.5, 0.6) is 0 Å². The first-order valence-corrected chi connectivity index (χ1v) is 8.41. The molecule has 0 aliphatic heterocycles. The lowest BCUT2D eigenvalue weighted by Crippen LogP contribution is -2.13. The van der Waals surface area contributed by atoms with Gasteiger partial charge in [-0.05, 0) is 49.0 Å². The van der Waals surface area contributed by atoms with E-state index in [2.05, 4.69) is 4.72 Å². The molecule has 8 heteroatoms. The van der Waals surface area contributed by atoms with Crippen molar-refractivity contribution in [3.05, 3.63) is 54.1 Å². The fourth-order valence-corrected chi connectivity index (χ4v) is 3.34. The molecule has 0 aromatic heterocycles. The molecule has 0 bridgehead atoms. The van der Waals surface area contributed by atoms with Crippen LogP contribution in [0.25, 0.3) is 0 Å². The van der Waals surface area contributed by atoms with Gasteiger partial charge in [0.15, 0.2) is 0 Å². The first-order valence-electron chi connectivity index (χ1n) is 6.11. The van der Waals surface area contributed by atoms with Crippen LogP contribution in [-0.2, 0) is 10.0 Å². The third kappa shape index (κ3) is 4.67. The number of hydrogen-bond acceptors (Lipinski definition) is 3. The summed E-state index contributed by atoms with van der Waals surface area (Å²) >= 11 is -0.296. The maximum Gasteiger partial charge on any atom is 0.446 e. The molecule has 0 aliphatic rings. The zero-order valence-corrected chi connectivity index (χ0v) is 13.0. The van der Waals surface area contributed by atoms with E-state index in [0.717, 1.165) is 11.6 Å².